The van der Waals surface area contributed by atoms with Gasteiger partial charge < -0.3 is 4.98 Å². The van der Waals surface area contributed by atoms with Crippen molar-refractivity contribution in [3.8, 4) is 0 Å². The summed E-state index contributed by atoms with van der Waals surface area (Å²) in [6.07, 6.45) is 2.74. The smallest absolute Gasteiger partial charge is 0.260 e. The summed E-state index contributed by atoms with van der Waals surface area (Å²) >= 11 is 1.69. The van der Waals surface area contributed by atoms with Crippen LogP contribution in [0.1, 0.15) is 5.56 Å². The normalized spacial score (nSPS) is 18.4. The van der Waals surface area contributed by atoms with Crippen molar-refractivity contribution in [2.45, 2.75) is 11.6 Å². The molecule has 0 bridgehead atoms. The molecule has 6 nitrogen and oxygen atoms in total. The lowest BCUT2D eigenvalue weighted by molar-refractivity contribution is 0.181. The molecule has 2 aromatic heterocycles. The van der Waals surface area contributed by atoms with Crippen LogP contribution in [0.5, 0.6) is 0 Å². The van der Waals surface area contributed by atoms with E-state index < -0.39 is 10.0 Å². The van der Waals surface area contributed by atoms with Crippen molar-refractivity contribution in [3.63, 3.8) is 0 Å². The number of hydrogen-bond donors (Lipinski definition) is 1. The molecule has 1 aliphatic heterocycles. The minimum atomic E-state index is -3.41. The average molecular weight is 312 g/mol. The molecule has 1 N–H and O–H groups in total. The third-order valence-electron chi connectivity index (χ3n) is 3.41. The van der Waals surface area contributed by atoms with Gasteiger partial charge in [0.05, 0.1) is 12.5 Å². The first-order chi connectivity index (χ1) is 9.66. The van der Waals surface area contributed by atoms with Gasteiger partial charge in [-0.2, -0.15) is 15.6 Å². The molecule has 0 atom stereocenters. The number of rotatable bonds is 4. The summed E-state index contributed by atoms with van der Waals surface area (Å²) in [6, 6.07) is 2.11. The molecular weight excluding hydrogens is 296 g/mol. The maximum Gasteiger partial charge on any atom is 0.260 e. The number of nitrogens with one attached hydrogen (secondary N) is 1. The zero-order chi connectivity index (χ0) is 14.0. The summed E-state index contributed by atoms with van der Waals surface area (Å²) in [7, 11) is -3.41. The Hall–Kier alpha value is -1.22. The highest BCUT2D eigenvalue weighted by molar-refractivity contribution is 7.89. The van der Waals surface area contributed by atoms with Crippen LogP contribution in [-0.4, -0.2) is 53.8 Å². The third kappa shape index (κ3) is 2.78. The lowest BCUT2D eigenvalue weighted by Gasteiger charge is -2.33. The first-order valence-electron chi connectivity index (χ1n) is 6.38. The summed E-state index contributed by atoms with van der Waals surface area (Å²) in [4.78, 5) is 8.73. The Kier molecular flexibility index (Phi) is 3.88. The Bertz CT molecular complexity index is 629. The molecule has 0 saturated carbocycles. The second kappa shape index (κ2) is 5.65. The summed E-state index contributed by atoms with van der Waals surface area (Å²) in [5, 5.41) is 4.37. The zero-order valence-electron chi connectivity index (χ0n) is 10.9. The predicted octanol–water partition coefficient (Wildman–Crippen LogP) is 0.978. The van der Waals surface area contributed by atoms with Crippen LogP contribution >= 0.6 is 11.3 Å². The van der Waals surface area contributed by atoms with Crippen molar-refractivity contribution in [2.24, 2.45) is 0 Å². The molecule has 1 fully saturated rings. The fraction of sp³-hybridized carbons (Fsp3) is 0.417. The van der Waals surface area contributed by atoms with Crippen LogP contribution in [0, 0.1) is 0 Å². The number of nitrogens with zero attached hydrogens (tertiary/aromatic N) is 3. The van der Waals surface area contributed by atoms with Crippen molar-refractivity contribution in [3.05, 3.63) is 34.9 Å². The predicted molar refractivity (Wildman–Crippen MR) is 76.9 cm³/mol. The molecule has 3 heterocycles. The van der Waals surface area contributed by atoms with E-state index in [1.165, 1.54) is 22.4 Å². The fourth-order valence-electron chi connectivity index (χ4n) is 2.29. The van der Waals surface area contributed by atoms with Crippen molar-refractivity contribution in [1.29, 1.82) is 0 Å². The molecule has 0 amide bonds. The van der Waals surface area contributed by atoms with Gasteiger partial charge >= 0.3 is 0 Å². The molecule has 0 radical (unpaired) electrons. The van der Waals surface area contributed by atoms with Crippen LogP contribution in [0.2, 0.25) is 0 Å². The Morgan fingerprint density at radius 2 is 2.10 bits per heavy atom. The van der Waals surface area contributed by atoms with Gasteiger partial charge in [0.25, 0.3) is 10.0 Å². The summed E-state index contributed by atoms with van der Waals surface area (Å²) in [5.74, 6) is 0. The van der Waals surface area contributed by atoms with E-state index >= 15 is 0 Å². The van der Waals surface area contributed by atoms with E-state index in [4.69, 9.17) is 0 Å². The van der Waals surface area contributed by atoms with Crippen molar-refractivity contribution in [2.75, 3.05) is 26.2 Å². The Morgan fingerprint density at radius 3 is 2.70 bits per heavy atom. The van der Waals surface area contributed by atoms with Crippen LogP contribution in [-0.2, 0) is 16.6 Å². The first kappa shape index (κ1) is 13.7. The maximum atomic E-state index is 12.3. The van der Waals surface area contributed by atoms with Gasteiger partial charge in [0.2, 0.25) is 0 Å². The molecule has 0 spiro atoms. The fourth-order valence-corrected chi connectivity index (χ4v) is 4.27. The number of imidazole rings is 1. The van der Waals surface area contributed by atoms with Crippen LogP contribution in [0.3, 0.4) is 0 Å². The Labute approximate surface area is 122 Å². The number of hydrogen-bond acceptors (Lipinski definition) is 5. The summed E-state index contributed by atoms with van der Waals surface area (Å²) in [6.45, 7) is 3.44. The Balaban J connectivity index is 1.61. The summed E-state index contributed by atoms with van der Waals surface area (Å²) < 4.78 is 26.1. The lowest BCUT2D eigenvalue weighted by atomic mass is 10.3. The van der Waals surface area contributed by atoms with E-state index in [1.807, 2.05) is 0 Å². The molecule has 0 aliphatic carbocycles. The monoisotopic (exact) mass is 312 g/mol. The topological polar surface area (TPSA) is 69.3 Å². The number of aromatic amines is 1. The van der Waals surface area contributed by atoms with Gasteiger partial charge in [0.1, 0.15) is 0 Å². The second-order valence-corrected chi connectivity index (χ2v) is 7.41. The van der Waals surface area contributed by atoms with Gasteiger partial charge in [-0.15, -0.1) is 0 Å². The molecule has 20 heavy (non-hydrogen) atoms. The third-order valence-corrected chi connectivity index (χ3v) is 5.96. The van der Waals surface area contributed by atoms with Crippen LogP contribution in [0.15, 0.2) is 34.4 Å². The van der Waals surface area contributed by atoms with Gasteiger partial charge in [0, 0.05) is 32.7 Å². The molecule has 0 unspecified atom stereocenters. The van der Waals surface area contributed by atoms with Crippen LogP contribution in [0.25, 0.3) is 0 Å². The largest absolute Gasteiger partial charge is 0.335 e. The van der Waals surface area contributed by atoms with Crippen molar-refractivity contribution in [1.82, 2.24) is 19.2 Å². The molecular formula is C12H16N4O2S2. The van der Waals surface area contributed by atoms with Gasteiger partial charge in [-0.3, -0.25) is 4.90 Å². The van der Waals surface area contributed by atoms with Gasteiger partial charge in [-0.25, -0.2) is 13.4 Å². The lowest BCUT2D eigenvalue weighted by Crippen LogP contribution is -2.48. The quantitative estimate of drug-likeness (QED) is 0.913. The standard InChI is InChI=1S/C12H16N4O2S2/c17-20(18,12-7-13-10-14-12)16-4-2-15(3-5-16)8-11-1-6-19-9-11/h1,6-7,9-10H,2-5,8H2,(H,13,14). The molecule has 108 valence electrons. The van der Waals surface area contributed by atoms with Crippen LogP contribution < -0.4 is 0 Å². The van der Waals surface area contributed by atoms with Crippen molar-refractivity contribution >= 4 is 21.4 Å². The van der Waals surface area contributed by atoms with E-state index in [0.717, 1.165) is 19.6 Å². The highest BCUT2D eigenvalue weighted by Gasteiger charge is 2.29. The summed E-state index contributed by atoms with van der Waals surface area (Å²) in [5.41, 5.74) is 1.29. The van der Waals surface area contributed by atoms with E-state index in [2.05, 4.69) is 31.7 Å². The zero-order valence-corrected chi connectivity index (χ0v) is 12.5. The molecule has 3 rings (SSSR count). The van der Waals surface area contributed by atoms with Gasteiger partial charge in [-0.05, 0) is 22.4 Å². The molecule has 8 heteroatoms. The molecule has 1 aliphatic rings. The minimum Gasteiger partial charge on any atom is -0.335 e. The van der Waals surface area contributed by atoms with Gasteiger partial charge in [-0.1, -0.05) is 0 Å². The number of aromatic nitrogens is 2. The van der Waals surface area contributed by atoms with Crippen LogP contribution in [0.4, 0.5) is 0 Å². The first-order valence-corrected chi connectivity index (χ1v) is 8.76. The van der Waals surface area contributed by atoms with E-state index in [-0.39, 0.29) is 5.03 Å². The average Bonchev–Trinajstić information content (AvgIpc) is 3.12. The van der Waals surface area contributed by atoms with Crippen molar-refractivity contribution < 1.29 is 8.42 Å². The molecule has 1 saturated heterocycles. The highest BCUT2D eigenvalue weighted by Crippen LogP contribution is 2.16. The minimum absolute atomic E-state index is 0.170. The SMILES string of the molecule is O=S(=O)(c1cnc[nH]1)N1CCN(Cc2ccsc2)CC1. The number of H-pyrrole nitrogens is 1. The number of sulfonamides is 1. The number of thiophene rings is 1. The number of piperazine rings is 1. The van der Waals surface area contributed by atoms with E-state index in [0.29, 0.717) is 13.1 Å². The van der Waals surface area contributed by atoms with Gasteiger partial charge in [0.15, 0.2) is 5.03 Å². The molecule has 0 aromatic carbocycles. The second-order valence-electron chi connectivity index (χ2n) is 4.73. The molecule has 2 aromatic rings. The maximum absolute atomic E-state index is 12.3. The van der Waals surface area contributed by atoms with E-state index in [1.54, 1.807) is 11.3 Å². The van der Waals surface area contributed by atoms with E-state index in [9.17, 15) is 8.42 Å². The Morgan fingerprint density at radius 1 is 1.30 bits per heavy atom. The highest BCUT2D eigenvalue weighted by atomic mass is 32.2.